The van der Waals surface area contributed by atoms with Crippen LogP contribution in [0.4, 0.5) is 0 Å². The van der Waals surface area contributed by atoms with E-state index >= 15 is 0 Å². The van der Waals surface area contributed by atoms with E-state index in [1.54, 1.807) is 0 Å². The number of β-amino-alcohol motifs (C(OH)–C–C–N with tert-alkyl or cyclic N) is 1. The summed E-state index contributed by atoms with van der Waals surface area (Å²) < 4.78 is 0. The highest BCUT2D eigenvalue weighted by molar-refractivity contribution is 4.90. The number of aliphatic hydroxyl groups excluding tert-OH is 1. The van der Waals surface area contributed by atoms with Gasteiger partial charge in [-0.15, -0.1) is 0 Å². The zero-order valence-electron chi connectivity index (χ0n) is 8.50. The summed E-state index contributed by atoms with van der Waals surface area (Å²) >= 11 is 0. The molecule has 0 aromatic heterocycles. The molecule has 0 saturated carbocycles. The number of nitrogens with zero attached hydrogens (tertiary/aromatic N) is 1. The molecule has 0 radical (unpaired) electrons. The lowest BCUT2D eigenvalue weighted by atomic mass is 9.96. The average molecular weight is 187 g/mol. The lowest BCUT2D eigenvalue weighted by Gasteiger charge is -2.44. The largest absolute Gasteiger partial charge is 0.396 e. The zero-order valence-corrected chi connectivity index (χ0v) is 8.50. The molecule has 1 fully saturated rings. The molecule has 1 heterocycles. The summed E-state index contributed by atoms with van der Waals surface area (Å²) in [6.07, 6.45) is 4.44. The Balaban J connectivity index is 1.85. The molecule has 0 atom stereocenters. The van der Waals surface area contributed by atoms with Gasteiger partial charge >= 0.3 is 0 Å². The van der Waals surface area contributed by atoms with E-state index in [4.69, 9.17) is 5.11 Å². The maximum atomic E-state index is 9.45. The van der Waals surface area contributed by atoms with Gasteiger partial charge in [0.1, 0.15) is 0 Å². The van der Waals surface area contributed by atoms with Gasteiger partial charge in [0.25, 0.3) is 0 Å². The van der Waals surface area contributed by atoms with E-state index in [1.165, 1.54) is 12.8 Å². The van der Waals surface area contributed by atoms with Crippen molar-refractivity contribution < 1.29 is 10.2 Å². The van der Waals surface area contributed by atoms with E-state index in [9.17, 15) is 5.11 Å². The fourth-order valence-corrected chi connectivity index (χ4v) is 1.88. The Morgan fingerprint density at radius 2 is 1.77 bits per heavy atom. The molecular formula is C10H21NO2. The van der Waals surface area contributed by atoms with Crippen LogP contribution in [0.2, 0.25) is 0 Å². The molecule has 1 rings (SSSR count). The van der Waals surface area contributed by atoms with Crippen molar-refractivity contribution in [2.24, 2.45) is 0 Å². The first-order valence-electron chi connectivity index (χ1n) is 5.20. The van der Waals surface area contributed by atoms with E-state index in [-0.39, 0.29) is 0 Å². The van der Waals surface area contributed by atoms with Crippen LogP contribution in [0, 0.1) is 0 Å². The minimum absolute atomic E-state index is 0.318. The van der Waals surface area contributed by atoms with Crippen molar-refractivity contribution in [2.45, 2.75) is 38.2 Å². The first kappa shape index (κ1) is 11.0. The third-order valence-corrected chi connectivity index (χ3v) is 2.51. The third-order valence-electron chi connectivity index (χ3n) is 2.51. The fourth-order valence-electron chi connectivity index (χ4n) is 1.88. The molecule has 1 saturated heterocycles. The van der Waals surface area contributed by atoms with E-state index in [1.807, 2.05) is 6.92 Å². The molecule has 1 aliphatic rings. The smallest absolute Gasteiger partial charge is 0.0872 e. The second kappa shape index (κ2) is 4.94. The van der Waals surface area contributed by atoms with Crippen LogP contribution >= 0.6 is 0 Å². The first-order chi connectivity index (χ1) is 6.14. The summed E-state index contributed by atoms with van der Waals surface area (Å²) in [4.78, 5) is 2.28. The predicted octanol–water partition coefficient (Wildman–Crippen LogP) is 0.606. The van der Waals surface area contributed by atoms with Crippen LogP contribution in [0.3, 0.4) is 0 Å². The maximum Gasteiger partial charge on any atom is 0.0872 e. The topological polar surface area (TPSA) is 43.7 Å². The number of likely N-dealkylation sites (tertiary alicyclic amines) is 1. The van der Waals surface area contributed by atoms with Crippen LogP contribution in [0.1, 0.15) is 32.6 Å². The van der Waals surface area contributed by atoms with Crippen molar-refractivity contribution in [3.05, 3.63) is 0 Å². The Morgan fingerprint density at radius 1 is 1.15 bits per heavy atom. The van der Waals surface area contributed by atoms with Gasteiger partial charge in [0.2, 0.25) is 0 Å². The summed E-state index contributed by atoms with van der Waals surface area (Å²) in [7, 11) is 0. The van der Waals surface area contributed by atoms with Gasteiger partial charge < -0.3 is 10.2 Å². The van der Waals surface area contributed by atoms with Crippen molar-refractivity contribution >= 4 is 0 Å². The predicted molar refractivity (Wildman–Crippen MR) is 52.6 cm³/mol. The number of unbranched alkanes of at least 4 members (excludes halogenated alkanes) is 3. The highest BCUT2D eigenvalue weighted by Gasteiger charge is 2.35. The van der Waals surface area contributed by atoms with Crippen molar-refractivity contribution in [1.29, 1.82) is 0 Å². The summed E-state index contributed by atoms with van der Waals surface area (Å²) in [5, 5.41) is 18.0. The van der Waals surface area contributed by atoms with Gasteiger partial charge in [0.05, 0.1) is 5.60 Å². The Labute approximate surface area is 80.4 Å². The fraction of sp³-hybridized carbons (Fsp3) is 1.00. The molecule has 78 valence electrons. The zero-order chi connectivity index (χ0) is 9.73. The minimum Gasteiger partial charge on any atom is -0.396 e. The molecule has 3 nitrogen and oxygen atoms in total. The van der Waals surface area contributed by atoms with Crippen LogP contribution in [-0.2, 0) is 0 Å². The van der Waals surface area contributed by atoms with Crippen molar-refractivity contribution in [3.63, 3.8) is 0 Å². The van der Waals surface area contributed by atoms with Gasteiger partial charge in [-0.05, 0) is 26.3 Å². The number of rotatable bonds is 6. The Kier molecular flexibility index (Phi) is 4.16. The van der Waals surface area contributed by atoms with Crippen LogP contribution in [0.25, 0.3) is 0 Å². The molecular weight excluding hydrogens is 166 g/mol. The molecule has 13 heavy (non-hydrogen) atoms. The molecule has 0 bridgehead atoms. The second-order valence-electron chi connectivity index (χ2n) is 4.35. The SMILES string of the molecule is CC1(O)CN(CCCCCCO)C1. The molecule has 0 aromatic rings. The molecule has 0 aromatic carbocycles. The van der Waals surface area contributed by atoms with Gasteiger partial charge in [0, 0.05) is 19.7 Å². The monoisotopic (exact) mass is 187 g/mol. The number of aliphatic hydroxyl groups is 2. The lowest BCUT2D eigenvalue weighted by Crippen LogP contribution is -2.59. The van der Waals surface area contributed by atoms with Gasteiger partial charge in [-0.25, -0.2) is 0 Å². The molecule has 1 aliphatic heterocycles. The third kappa shape index (κ3) is 4.07. The highest BCUT2D eigenvalue weighted by Crippen LogP contribution is 2.19. The van der Waals surface area contributed by atoms with E-state index < -0.39 is 5.60 Å². The lowest BCUT2D eigenvalue weighted by molar-refractivity contribution is -0.0833. The van der Waals surface area contributed by atoms with Gasteiger partial charge in [-0.3, -0.25) is 4.90 Å². The van der Waals surface area contributed by atoms with Crippen molar-refractivity contribution in [2.75, 3.05) is 26.2 Å². The average Bonchev–Trinajstić information content (AvgIpc) is 2.00. The first-order valence-corrected chi connectivity index (χ1v) is 5.20. The quantitative estimate of drug-likeness (QED) is 0.599. The van der Waals surface area contributed by atoms with Gasteiger partial charge in [-0.2, -0.15) is 0 Å². The summed E-state index contributed by atoms with van der Waals surface area (Å²) in [6, 6.07) is 0. The van der Waals surface area contributed by atoms with Crippen LogP contribution in [0.5, 0.6) is 0 Å². The standard InChI is InChI=1S/C10H21NO2/c1-10(13)8-11(9-10)6-4-2-3-5-7-12/h12-13H,2-9H2,1H3. The van der Waals surface area contributed by atoms with Gasteiger partial charge in [0.15, 0.2) is 0 Å². The number of hydrogen-bond acceptors (Lipinski definition) is 3. The number of hydrogen-bond donors (Lipinski definition) is 2. The van der Waals surface area contributed by atoms with Crippen molar-refractivity contribution in [3.8, 4) is 0 Å². The minimum atomic E-state index is -0.425. The molecule has 0 spiro atoms. The van der Waals surface area contributed by atoms with Crippen LogP contribution < -0.4 is 0 Å². The summed E-state index contributed by atoms with van der Waals surface area (Å²) in [6.45, 7) is 4.95. The Bertz CT molecular complexity index is 140. The van der Waals surface area contributed by atoms with E-state index in [2.05, 4.69) is 4.90 Å². The Hall–Kier alpha value is -0.120. The van der Waals surface area contributed by atoms with Gasteiger partial charge in [-0.1, -0.05) is 12.8 Å². The normalized spacial score (nSPS) is 21.5. The highest BCUT2D eigenvalue weighted by atomic mass is 16.3. The maximum absolute atomic E-state index is 9.45. The van der Waals surface area contributed by atoms with E-state index in [0.29, 0.717) is 6.61 Å². The molecule has 3 heteroatoms. The molecule has 0 amide bonds. The Morgan fingerprint density at radius 3 is 2.31 bits per heavy atom. The molecule has 0 unspecified atom stereocenters. The van der Waals surface area contributed by atoms with Crippen molar-refractivity contribution in [1.82, 2.24) is 4.90 Å². The molecule has 2 N–H and O–H groups in total. The molecule has 0 aliphatic carbocycles. The second-order valence-corrected chi connectivity index (χ2v) is 4.35. The van der Waals surface area contributed by atoms with Crippen LogP contribution in [-0.4, -0.2) is 47.0 Å². The van der Waals surface area contributed by atoms with Crippen LogP contribution in [0.15, 0.2) is 0 Å². The van der Waals surface area contributed by atoms with E-state index in [0.717, 1.165) is 32.5 Å². The summed E-state index contributed by atoms with van der Waals surface area (Å²) in [5.41, 5.74) is -0.425. The summed E-state index contributed by atoms with van der Waals surface area (Å²) in [5.74, 6) is 0.